The highest BCUT2D eigenvalue weighted by molar-refractivity contribution is 5.77. The van der Waals surface area contributed by atoms with Crippen molar-refractivity contribution in [2.24, 2.45) is 0 Å². The zero-order valence-electron chi connectivity index (χ0n) is 50.9. The average Bonchev–Trinajstić information content (AvgIpc) is 1.51. The van der Waals surface area contributed by atoms with Gasteiger partial charge in [-0.2, -0.15) is 0 Å². The third kappa shape index (κ3) is 10.1. The Kier molecular flexibility index (Phi) is 15.0. The van der Waals surface area contributed by atoms with E-state index in [2.05, 4.69) is 0 Å². The lowest BCUT2D eigenvalue weighted by molar-refractivity contribution is -0.232. The van der Waals surface area contributed by atoms with Crippen LogP contribution in [0.1, 0.15) is 155 Å². The van der Waals surface area contributed by atoms with Crippen LogP contribution in [-0.2, 0) is 4.74 Å². The SMILES string of the molecule is OCC1OC(c2c(O)cc(O)cc2C(O)C(c2ccc(O)cc2)c2c(O)c3c4c5c2OC(c2ccc(O)cc2)C5c2cc(O)cc(O)c2C(c2ccc(O)cc2)C4C(c2cc(O)cc4c2C(c2cc(O)cc(O)c2)C(c2ccc(O)cc2)O4)C3c2ccc(O)cc2)C(O)C(O)C1O. The van der Waals surface area contributed by atoms with E-state index in [1.165, 1.54) is 103 Å². The molecule has 15 unspecified atom stereocenters. The lowest BCUT2D eigenvalue weighted by Crippen LogP contribution is -2.55. The van der Waals surface area contributed by atoms with Crippen LogP contribution >= 0.6 is 0 Å². The molecule has 15 rings (SSSR count). The summed E-state index contributed by atoms with van der Waals surface area (Å²) in [6.07, 6.45) is -13.7. The van der Waals surface area contributed by atoms with E-state index in [0.717, 1.165) is 18.2 Å². The maximum atomic E-state index is 14.6. The Morgan fingerprint density at radius 1 is 0.351 bits per heavy atom. The molecule has 10 aromatic rings. The molecule has 10 aromatic carbocycles. The molecule has 3 aliphatic heterocycles. The van der Waals surface area contributed by atoms with Gasteiger partial charge in [0.05, 0.1) is 24.5 Å². The number of phenolic OH excluding ortho intramolecular Hbond substituents is 13. The molecule has 494 valence electrons. The molecule has 5 aliphatic rings. The molecule has 0 saturated carbocycles. The maximum Gasteiger partial charge on any atom is 0.135 e. The highest BCUT2D eigenvalue weighted by Crippen LogP contribution is 2.74. The van der Waals surface area contributed by atoms with Gasteiger partial charge < -0.3 is 106 Å². The van der Waals surface area contributed by atoms with Crippen LogP contribution in [0.2, 0.25) is 0 Å². The van der Waals surface area contributed by atoms with Crippen LogP contribution in [0.3, 0.4) is 0 Å². The summed E-state index contributed by atoms with van der Waals surface area (Å²) < 4.78 is 20.5. The molecule has 1 fully saturated rings. The summed E-state index contributed by atoms with van der Waals surface area (Å²) in [5.41, 5.74) is 3.29. The second kappa shape index (κ2) is 23.4. The van der Waals surface area contributed by atoms with Gasteiger partial charge in [-0.05, 0) is 147 Å². The molecule has 18 N–H and O–H groups in total. The Balaban J connectivity index is 1.10. The van der Waals surface area contributed by atoms with Gasteiger partial charge in [-0.3, -0.25) is 0 Å². The zero-order valence-corrected chi connectivity index (χ0v) is 50.9. The second-order valence-corrected chi connectivity index (χ2v) is 25.7. The number of ether oxygens (including phenoxy) is 3. The summed E-state index contributed by atoms with van der Waals surface area (Å²) in [5.74, 6) is -12.9. The van der Waals surface area contributed by atoms with Crippen molar-refractivity contribution in [3.8, 4) is 86.2 Å². The third-order valence-corrected chi connectivity index (χ3v) is 20.2. The Bertz CT molecular complexity index is 4710. The molecule has 97 heavy (non-hydrogen) atoms. The first-order valence-corrected chi connectivity index (χ1v) is 31.3. The minimum absolute atomic E-state index is 0.0637. The standard InChI is InChI=1S/C76H64O21/c77-30-53-69(91)71(93)72(94)76(96-53)59-49(26-45(86)28-51(59)89)68(90)56(33-5-15-39(80)16-6-33)67-70(92)65-55(32-3-13-38(79)14-4-32)61(48-25-46(87)29-52-60(48)57(36-21-42(83)23-43(84)22-36)73(95-52)34-7-17-40(81)18-8-34)63-54(31-1-11-37(78)12-2-31)58-47(24-44(85)27-50(58)88)62-66(64(63)65)75(67)97-74(62)35-9-19-41(82)20-10-35/h1-29,53-57,61-63,68-69,71-74,76-94H,30H2. The molecule has 2 aliphatic carbocycles. The van der Waals surface area contributed by atoms with Gasteiger partial charge in [0.25, 0.3) is 0 Å². The molecule has 0 spiro atoms. The van der Waals surface area contributed by atoms with Gasteiger partial charge >= 0.3 is 0 Å². The van der Waals surface area contributed by atoms with Crippen molar-refractivity contribution in [2.75, 3.05) is 6.61 Å². The van der Waals surface area contributed by atoms with E-state index < -0.39 is 131 Å². The number of aliphatic hydroxyl groups excluding tert-OH is 5. The summed E-state index contributed by atoms with van der Waals surface area (Å²) in [5, 5.41) is 212. The third-order valence-electron chi connectivity index (χ3n) is 20.2. The molecule has 0 amide bonds. The van der Waals surface area contributed by atoms with E-state index in [-0.39, 0.29) is 90.9 Å². The quantitative estimate of drug-likeness (QED) is 0.0540. The monoisotopic (exact) mass is 1310 g/mol. The molecule has 0 bridgehead atoms. The highest BCUT2D eigenvalue weighted by atomic mass is 16.5. The number of benzene rings is 10. The Morgan fingerprint density at radius 3 is 1.38 bits per heavy atom. The topological polar surface area (TPSA) is 392 Å². The Labute approximate surface area is 551 Å². The van der Waals surface area contributed by atoms with E-state index in [9.17, 15) is 91.9 Å². The molecule has 1 saturated heterocycles. The molecule has 0 aromatic heterocycles. The summed E-state index contributed by atoms with van der Waals surface area (Å²) in [7, 11) is 0. The van der Waals surface area contributed by atoms with Crippen LogP contribution < -0.4 is 9.47 Å². The number of hydrogen-bond donors (Lipinski definition) is 18. The normalized spacial score (nSPS) is 24.9. The van der Waals surface area contributed by atoms with E-state index in [4.69, 9.17) is 14.2 Å². The number of rotatable bonds is 12. The fourth-order valence-corrected chi connectivity index (χ4v) is 16.3. The van der Waals surface area contributed by atoms with E-state index in [1.807, 2.05) is 0 Å². The van der Waals surface area contributed by atoms with Crippen molar-refractivity contribution in [3.63, 3.8) is 0 Å². The van der Waals surface area contributed by atoms with Crippen molar-refractivity contribution in [2.45, 2.75) is 90.3 Å². The molecular formula is C76H64O21. The fourth-order valence-electron chi connectivity index (χ4n) is 16.3. The van der Waals surface area contributed by atoms with Crippen LogP contribution in [0.5, 0.6) is 86.2 Å². The summed E-state index contributed by atoms with van der Waals surface area (Å²) in [6, 6.07) is 41.8. The largest absolute Gasteiger partial charge is 0.508 e. The summed E-state index contributed by atoms with van der Waals surface area (Å²) >= 11 is 0. The Morgan fingerprint density at radius 2 is 0.825 bits per heavy atom. The summed E-state index contributed by atoms with van der Waals surface area (Å²) in [4.78, 5) is 0. The minimum atomic E-state index is -2.15. The molecular weight excluding hydrogens is 1250 g/mol. The van der Waals surface area contributed by atoms with E-state index in [0.29, 0.717) is 50.1 Å². The van der Waals surface area contributed by atoms with Gasteiger partial charge in [0.2, 0.25) is 0 Å². The van der Waals surface area contributed by atoms with Crippen molar-refractivity contribution < 1.29 is 106 Å². The van der Waals surface area contributed by atoms with Crippen LogP contribution in [-0.4, -0.2) is 123 Å². The molecule has 21 heteroatoms. The van der Waals surface area contributed by atoms with E-state index >= 15 is 0 Å². The lowest BCUT2D eigenvalue weighted by Gasteiger charge is -2.41. The average molecular weight is 1310 g/mol. The van der Waals surface area contributed by atoms with Crippen molar-refractivity contribution in [3.05, 3.63) is 265 Å². The van der Waals surface area contributed by atoms with Crippen LogP contribution in [0.25, 0.3) is 0 Å². The van der Waals surface area contributed by atoms with Gasteiger partial charge in [0, 0.05) is 87.2 Å². The Hall–Kier alpha value is -11.0. The minimum Gasteiger partial charge on any atom is -0.508 e. The first-order valence-electron chi connectivity index (χ1n) is 31.3. The second-order valence-electron chi connectivity index (χ2n) is 25.7. The number of aromatic hydroxyl groups is 13. The lowest BCUT2D eigenvalue weighted by atomic mass is 9.67. The molecule has 3 heterocycles. The first kappa shape index (κ1) is 62.1. The number of phenols is 13. The molecule has 15 atom stereocenters. The van der Waals surface area contributed by atoms with Crippen molar-refractivity contribution >= 4 is 0 Å². The van der Waals surface area contributed by atoms with Gasteiger partial charge in [0.15, 0.2) is 0 Å². The van der Waals surface area contributed by atoms with E-state index in [1.54, 1.807) is 54.6 Å². The predicted molar refractivity (Wildman–Crippen MR) is 345 cm³/mol. The van der Waals surface area contributed by atoms with Crippen LogP contribution in [0, 0.1) is 0 Å². The van der Waals surface area contributed by atoms with Crippen LogP contribution in [0.4, 0.5) is 0 Å². The van der Waals surface area contributed by atoms with Gasteiger partial charge in [-0.25, -0.2) is 0 Å². The maximum absolute atomic E-state index is 14.6. The number of fused-ring (bicyclic) bond motifs is 3. The predicted octanol–water partition coefficient (Wildman–Crippen LogP) is 9.93. The number of aliphatic hydroxyl groups is 5. The van der Waals surface area contributed by atoms with Gasteiger partial charge in [-0.1, -0.05) is 60.7 Å². The zero-order chi connectivity index (χ0) is 67.9. The summed E-state index contributed by atoms with van der Waals surface area (Å²) in [6.45, 7) is -0.891. The van der Waals surface area contributed by atoms with Crippen molar-refractivity contribution in [1.82, 2.24) is 0 Å². The highest BCUT2D eigenvalue weighted by Gasteiger charge is 2.60. The smallest absolute Gasteiger partial charge is 0.135 e. The van der Waals surface area contributed by atoms with Gasteiger partial charge in [0.1, 0.15) is 129 Å². The molecule has 0 radical (unpaired) electrons. The van der Waals surface area contributed by atoms with Crippen LogP contribution in [0.15, 0.2) is 176 Å². The number of hydrogen-bond acceptors (Lipinski definition) is 21. The first-order chi connectivity index (χ1) is 46.6. The van der Waals surface area contributed by atoms with Crippen molar-refractivity contribution in [1.29, 1.82) is 0 Å². The van der Waals surface area contributed by atoms with Gasteiger partial charge in [-0.15, -0.1) is 0 Å². The molecule has 21 nitrogen and oxygen atoms in total. The fraction of sp³-hybridized carbons (Fsp3) is 0.211.